The number of hydrogen-bond acceptors (Lipinski definition) is 2. The lowest BCUT2D eigenvalue weighted by Gasteiger charge is -2.29. The Balaban J connectivity index is 1.65. The van der Waals surface area contributed by atoms with Crippen molar-refractivity contribution >= 4 is 5.91 Å². The van der Waals surface area contributed by atoms with Crippen LogP contribution in [-0.4, -0.2) is 18.5 Å². The van der Waals surface area contributed by atoms with Gasteiger partial charge in [0.15, 0.2) is 0 Å². The zero-order valence-electron chi connectivity index (χ0n) is 14.9. The van der Waals surface area contributed by atoms with Gasteiger partial charge in [-0.25, -0.2) is 0 Å². The third kappa shape index (κ3) is 4.93. The molecule has 0 heterocycles. The SMILES string of the molecule is C[C@@H]1CCCC[C@H]1NCC(=O)NC(c1ccccc1)c1ccccc1. The Morgan fingerprint density at radius 3 is 2.08 bits per heavy atom. The van der Waals surface area contributed by atoms with E-state index < -0.39 is 0 Å². The fourth-order valence-electron chi connectivity index (χ4n) is 3.71. The lowest BCUT2D eigenvalue weighted by Crippen LogP contribution is -2.44. The van der Waals surface area contributed by atoms with Crippen molar-refractivity contribution in [3.05, 3.63) is 71.8 Å². The molecule has 3 heteroatoms. The van der Waals surface area contributed by atoms with E-state index in [2.05, 4.69) is 41.8 Å². The zero-order chi connectivity index (χ0) is 17.5. The summed E-state index contributed by atoms with van der Waals surface area (Å²) in [6, 6.07) is 20.7. The molecule has 0 spiro atoms. The molecule has 3 rings (SSSR count). The van der Waals surface area contributed by atoms with Gasteiger partial charge in [-0.05, 0) is 29.9 Å². The molecular formula is C22H28N2O. The maximum atomic E-state index is 12.6. The molecule has 2 N–H and O–H groups in total. The van der Waals surface area contributed by atoms with Gasteiger partial charge >= 0.3 is 0 Å². The van der Waals surface area contributed by atoms with Gasteiger partial charge in [0.1, 0.15) is 0 Å². The van der Waals surface area contributed by atoms with E-state index in [1.165, 1.54) is 25.7 Å². The lowest BCUT2D eigenvalue weighted by atomic mass is 9.86. The van der Waals surface area contributed by atoms with Crippen molar-refractivity contribution in [3.63, 3.8) is 0 Å². The highest BCUT2D eigenvalue weighted by Crippen LogP contribution is 2.24. The summed E-state index contributed by atoms with van der Waals surface area (Å²) in [6.45, 7) is 2.66. The first-order chi connectivity index (χ1) is 12.2. The lowest BCUT2D eigenvalue weighted by molar-refractivity contribution is -0.121. The molecule has 1 aliphatic carbocycles. The Bertz CT molecular complexity index is 617. The molecule has 2 aromatic carbocycles. The van der Waals surface area contributed by atoms with E-state index in [9.17, 15) is 4.79 Å². The van der Waals surface area contributed by atoms with Crippen LogP contribution in [0.4, 0.5) is 0 Å². The monoisotopic (exact) mass is 336 g/mol. The van der Waals surface area contributed by atoms with Gasteiger partial charge < -0.3 is 10.6 Å². The minimum absolute atomic E-state index is 0.0514. The number of nitrogens with one attached hydrogen (secondary N) is 2. The first-order valence-electron chi connectivity index (χ1n) is 9.36. The summed E-state index contributed by atoms with van der Waals surface area (Å²) in [5, 5.41) is 6.67. The second-order valence-electron chi connectivity index (χ2n) is 7.07. The van der Waals surface area contributed by atoms with Crippen LogP contribution in [0.25, 0.3) is 0 Å². The zero-order valence-corrected chi connectivity index (χ0v) is 14.9. The molecule has 1 saturated carbocycles. The number of benzene rings is 2. The average molecular weight is 336 g/mol. The summed E-state index contributed by atoms with van der Waals surface area (Å²) in [6.07, 6.45) is 5.01. The Kier molecular flexibility index (Phi) is 6.24. The van der Waals surface area contributed by atoms with Crippen molar-refractivity contribution in [2.75, 3.05) is 6.54 Å². The van der Waals surface area contributed by atoms with Crippen molar-refractivity contribution in [2.24, 2.45) is 5.92 Å². The number of hydrogen-bond donors (Lipinski definition) is 2. The van der Waals surface area contributed by atoms with Crippen molar-refractivity contribution in [3.8, 4) is 0 Å². The predicted molar refractivity (Wildman–Crippen MR) is 102 cm³/mol. The molecule has 1 amide bonds. The van der Waals surface area contributed by atoms with Crippen LogP contribution in [0, 0.1) is 5.92 Å². The molecule has 2 atom stereocenters. The standard InChI is InChI=1S/C22H28N2O/c1-17-10-8-9-15-20(17)23-16-21(25)24-22(18-11-4-2-5-12-18)19-13-6-3-7-14-19/h2-7,11-14,17,20,22-23H,8-10,15-16H2,1H3,(H,24,25)/t17-,20-/m1/s1. The fourth-order valence-corrected chi connectivity index (χ4v) is 3.71. The second kappa shape index (κ2) is 8.82. The van der Waals surface area contributed by atoms with Gasteiger partial charge in [-0.2, -0.15) is 0 Å². The van der Waals surface area contributed by atoms with E-state index in [4.69, 9.17) is 0 Å². The second-order valence-corrected chi connectivity index (χ2v) is 7.07. The summed E-state index contributed by atoms with van der Waals surface area (Å²) < 4.78 is 0. The van der Waals surface area contributed by atoms with Gasteiger partial charge in [0.2, 0.25) is 5.91 Å². The first-order valence-corrected chi connectivity index (χ1v) is 9.36. The predicted octanol–water partition coefficient (Wildman–Crippen LogP) is 4.06. The van der Waals surface area contributed by atoms with Gasteiger partial charge in [0, 0.05) is 6.04 Å². The van der Waals surface area contributed by atoms with Crippen LogP contribution in [0.15, 0.2) is 60.7 Å². The van der Waals surface area contributed by atoms with Crippen LogP contribution in [0.1, 0.15) is 49.8 Å². The van der Waals surface area contributed by atoms with E-state index in [1.807, 2.05) is 36.4 Å². The van der Waals surface area contributed by atoms with Gasteiger partial charge in [-0.15, -0.1) is 0 Å². The number of carbonyl (C=O) groups excluding carboxylic acids is 1. The molecule has 132 valence electrons. The molecule has 0 unspecified atom stereocenters. The largest absolute Gasteiger partial charge is 0.344 e. The van der Waals surface area contributed by atoms with Crippen LogP contribution in [0.3, 0.4) is 0 Å². The highest BCUT2D eigenvalue weighted by molar-refractivity contribution is 5.79. The van der Waals surface area contributed by atoms with Crippen molar-refractivity contribution < 1.29 is 4.79 Å². The Morgan fingerprint density at radius 2 is 1.52 bits per heavy atom. The summed E-state index contributed by atoms with van der Waals surface area (Å²) in [5.74, 6) is 0.705. The van der Waals surface area contributed by atoms with E-state index in [0.717, 1.165) is 11.1 Å². The smallest absolute Gasteiger partial charge is 0.234 e. The van der Waals surface area contributed by atoms with Crippen LogP contribution in [0.5, 0.6) is 0 Å². The van der Waals surface area contributed by atoms with E-state index in [0.29, 0.717) is 18.5 Å². The van der Waals surface area contributed by atoms with Crippen molar-refractivity contribution in [1.29, 1.82) is 0 Å². The normalized spacial score (nSPS) is 20.4. The number of amides is 1. The number of rotatable bonds is 6. The van der Waals surface area contributed by atoms with Gasteiger partial charge in [-0.1, -0.05) is 80.4 Å². The third-order valence-electron chi connectivity index (χ3n) is 5.21. The van der Waals surface area contributed by atoms with E-state index in [1.54, 1.807) is 0 Å². The first kappa shape index (κ1) is 17.7. The Morgan fingerprint density at radius 1 is 0.960 bits per heavy atom. The third-order valence-corrected chi connectivity index (χ3v) is 5.21. The van der Waals surface area contributed by atoms with Crippen molar-refractivity contribution in [2.45, 2.75) is 44.7 Å². The molecular weight excluding hydrogens is 308 g/mol. The van der Waals surface area contributed by atoms with Crippen molar-refractivity contribution in [1.82, 2.24) is 10.6 Å². The Hall–Kier alpha value is -2.13. The van der Waals surface area contributed by atoms with Gasteiger partial charge in [-0.3, -0.25) is 4.79 Å². The highest BCUT2D eigenvalue weighted by Gasteiger charge is 2.22. The van der Waals surface area contributed by atoms with Gasteiger partial charge in [0.25, 0.3) is 0 Å². The minimum Gasteiger partial charge on any atom is -0.344 e. The van der Waals surface area contributed by atoms with Crippen LogP contribution in [-0.2, 0) is 4.79 Å². The summed E-state index contributed by atoms with van der Waals surface area (Å²) >= 11 is 0. The highest BCUT2D eigenvalue weighted by atomic mass is 16.2. The van der Waals surface area contributed by atoms with Crippen LogP contribution < -0.4 is 10.6 Å². The molecule has 0 aromatic heterocycles. The molecule has 2 aromatic rings. The fraction of sp³-hybridized carbons (Fsp3) is 0.409. The molecule has 0 aliphatic heterocycles. The maximum absolute atomic E-state index is 12.6. The quantitative estimate of drug-likeness (QED) is 0.835. The molecule has 0 bridgehead atoms. The van der Waals surface area contributed by atoms with E-state index in [-0.39, 0.29) is 11.9 Å². The van der Waals surface area contributed by atoms with Crippen LogP contribution in [0.2, 0.25) is 0 Å². The average Bonchev–Trinajstić information content (AvgIpc) is 2.67. The molecule has 3 nitrogen and oxygen atoms in total. The summed E-state index contributed by atoms with van der Waals surface area (Å²) in [5.41, 5.74) is 2.21. The van der Waals surface area contributed by atoms with Gasteiger partial charge in [0.05, 0.1) is 12.6 Å². The Labute approximate surface area is 150 Å². The molecule has 0 saturated heterocycles. The maximum Gasteiger partial charge on any atom is 0.234 e. The topological polar surface area (TPSA) is 41.1 Å². The van der Waals surface area contributed by atoms with E-state index >= 15 is 0 Å². The molecule has 1 fully saturated rings. The number of carbonyl (C=O) groups is 1. The molecule has 0 radical (unpaired) electrons. The van der Waals surface area contributed by atoms with Crippen LogP contribution >= 0.6 is 0 Å². The molecule has 25 heavy (non-hydrogen) atoms. The molecule has 1 aliphatic rings. The summed E-state index contributed by atoms with van der Waals surface area (Å²) in [7, 11) is 0. The summed E-state index contributed by atoms with van der Waals surface area (Å²) in [4.78, 5) is 12.6. The minimum atomic E-state index is -0.111.